The SMILES string of the molecule is CC(C)CN1C(=O)C(=C(C(=O)NCC2CCCO2)C(=O)NCC2CCCO2)c2ccccc21. The molecule has 3 aliphatic rings. The summed E-state index contributed by atoms with van der Waals surface area (Å²) in [7, 11) is 0. The molecule has 2 fully saturated rings. The van der Waals surface area contributed by atoms with Gasteiger partial charge in [-0.15, -0.1) is 0 Å². The highest BCUT2D eigenvalue weighted by molar-refractivity contribution is 6.41. The van der Waals surface area contributed by atoms with E-state index in [-0.39, 0.29) is 35.2 Å². The van der Waals surface area contributed by atoms with E-state index in [4.69, 9.17) is 9.47 Å². The van der Waals surface area contributed by atoms with Crippen molar-refractivity contribution < 1.29 is 23.9 Å². The Kier molecular flexibility index (Phi) is 7.45. The minimum atomic E-state index is -0.556. The van der Waals surface area contributed by atoms with Gasteiger partial charge in [-0.25, -0.2) is 0 Å². The van der Waals surface area contributed by atoms with Gasteiger partial charge in [-0.3, -0.25) is 14.4 Å². The van der Waals surface area contributed by atoms with Crippen molar-refractivity contribution in [1.82, 2.24) is 10.6 Å². The predicted octanol–water partition coefficient (Wildman–Crippen LogP) is 2.03. The second kappa shape index (κ2) is 10.5. The zero-order valence-corrected chi connectivity index (χ0v) is 19.4. The molecule has 3 amide bonds. The number of carbonyl (C=O) groups excluding carboxylic acids is 3. The molecule has 3 heterocycles. The Morgan fingerprint density at radius 1 is 1.00 bits per heavy atom. The molecule has 33 heavy (non-hydrogen) atoms. The Hall–Kier alpha value is -2.71. The van der Waals surface area contributed by atoms with E-state index in [1.54, 1.807) is 11.0 Å². The van der Waals surface area contributed by atoms with Crippen LogP contribution >= 0.6 is 0 Å². The highest BCUT2D eigenvalue weighted by atomic mass is 16.5. The summed E-state index contributed by atoms with van der Waals surface area (Å²) in [5.41, 5.74) is 1.34. The molecule has 0 saturated carbocycles. The number of ether oxygens (including phenoxy) is 2. The van der Waals surface area contributed by atoms with Gasteiger partial charge >= 0.3 is 0 Å². The van der Waals surface area contributed by atoms with Gasteiger partial charge in [-0.1, -0.05) is 32.0 Å². The second-order valence-corrected chi connectivity index (χ2v) is 9.27. The first-order valence-corrected chi connectivity index (χ1v) is 11.9. The van der Waals surface area contributed by atoms with Crippen LogP contribution in [0.5, 0.6) is 0 Å². The molecule has 0 aliphatic carbocycles. The Balaban J connectivity index is 1.66. The first-order valence-electron chi connectivity index (χ1n) is 11.9. The van der Waals surface area contributed by atoms with Crippen molar-refractivity contribution in [2.45, 2.75) is 51.7 Å². The highest BCUT2D eigenvalue weighted by Gasteiger charge is 2.39. The molecule has 0 radical (unpaired) electrons. The molecule has 4 rings (SSSR count). The summed E-state index contributed by atoms with van der Waals surface area (Å²) in [6.45, 7) is 6.52. The summed E-state index contributed by atoms with van der Waals surface area (Å²) in [5, 5.41) is 5.67. The minimum absolute atomic E-state index is 0.0702. The van der Waals surface area contributed by atoms with E-state index in [0.29, 0.717) is 38.4 Å². The van der Waals surface area contributed by atoms with E-state index >= 15 is 0 Å². The Morgan fingerprint density at radius 2 is 1.58 bits per heavy atom. The van der Waals surface area contributed by atoms with Crippen molar-refractivity contribution in [2.24, 2.45) is 5.92 Å². The molecular weight excluding hydrogens is 422 g/mol. The quantitative estimate of drug-likeness (QED) is 0.355. The van der Waals surface area contributed by atoms with Crippen molar-refractivity contribution in [3.63, 3.8) is 0 Å². The van der Waals surface area contributed by atoms with E-state index < -0.39 is 11.8 Å². The molecule has 1 aromatic rings. The van der Waals surface area contributed by atoms with Gasteiger partial charge < -0.3 is 25.0 Å². The lowest BCUT2D eigenvalue weighted by molar-refractivity contribution is -0.124. The predicted molar refractivity (Wildman–Crippen MR) is 125 cm³/mol. The molecular formula is C25H33N3O5. The zero-order valence-electron chi connectivity index (χ0n) is 19.4. The fourth-order valence-corrected chi connectivity index (χ4v) is 4.60. The molecule has 1 aromatic carbocycles. The summed E-state index contributed by atoms with van der Waals surface area (Å²) in [4.78, 5) is 41.8. The van der Waals surface area contributed by atoms with Crippen LogP contribution in [-0.4, -0.2) is 62.8 Å². The molecule has 0 bridgehead atoms. The van der Waals surface area contributed by atoms with E-state index in [1.807, 2.05) is 32.0 Å². The van der Waals surface area contributed by atoms with Crippen LogP contribution in [0.2, 0.25) is 0 Å². The number of nitrogens with one attached hydrogen (secondary N) is 2. The Labute approximate surface area is 194 Å². The number of hydrogen-bond donors (Lipinski definition) is 2. The molecule has 8 nitrogen and oxygen atoms in total. The Bertz CT molecular complexity index is 896. The number of hydrogen-bond acceptors (Lipinski definition) is 5. The van der Waals surface area contributed by atoms with Crippen molar-refractivity contribution >= 4 is 29.0 Å². The normalized spacial score (nSPS) is 22.1. The van der Waals surface area contributed by atoms with E-state index in [1.165, 1.54) is 0 Å². The third kappa shape index (κ3) is 5.28. The summed E-state index contributed by atoms with van der Waals surface area (Å²) >= 11 is 0. The standard InChI is InChI=1S/C25H33N3O5/c1-16(2)15-28-20-10-4-3-9-19(20)21(25(28)31)22(23(29)26-13-17-7-5-11-32-17)24(30)27-14-18-8-6-12-33-18/h3-4,9-10,16-18H,5-8,11-15H2,1-2H3,(H,26,29)(H,27,30). The molecule has 2 saturated heterocycles. The number of fused-ring (bicyclic) bond motifs is 1. The maximum absolute atomic E-state index is 13.5. The van der Waals surface area contributed by atoms with E-state index in [0.717, 1.165) is 31.4 Å². The summed E-state index contributed by atoms with van der Waals surface area (Å²) in [6, 6.07) is 7.33. The third-order valence-corrected chi connectivity index (χ3v) is 6.20. The first kappa shape index (κ1) is 23.4. The van der Waals surface area contributed by atoms with Gasteiger partial charge in [0.05, 0.1) is 23.5 Å². The van der Waals surface area contributed by atoms with Crippen LogP contribution in [0.25, 0.3) is 5.57 Å². The Morgan fingerprint density at radius 3 is 2.09 bits per heavy atom. The smallest absolute Gasteiger partial charge is 0.260 e. The average Bonchev–Trinajstić information content (AvgIpc) is 3.55. The van der Waals surface area contributed by atoms with Crippen molar-refractivity contribution in [3.8, 4) is 0 Å². The number of rotatable bonds is 8. The van der Waals surface area contributed by atoms with Crippen LogP contribution in [0, 0.1) is 5.92 Å². The number of benzene rings is 1. The maximum Gasteiger partial charge on any atom is 0.260 e. The van der Waals surface area contributed by atoms with Gasteiger partial charge in [0, 0.05) is 38.4 Å². The molecule has 2 N–H and O–H groups in total. The van der Waals surface area contributed by atoms with Crippen LogP contribution in [-0.2, 0) is 23.9 Å². The molecule has 2 atom stereocenters. The highest BCUT2D eigenvalue weighted by Crippen LogP contribution is 2.39. The summed E-state index contributed by atoms with van der Waals surface area (Å²) in [5.74, 6) is -1.20. The molecule has 0 spiro atoms. The van der Waals surface area contributed by atoms with Crippen LogP contribution < -0.4 is 15.5 Å². The fraction of sp³-hybridized carbons (Fsp3) is 0.560. The monoisotopic (exact) mass is 455 g/mol. The van der Waals surface area contributed by atoms with Crippen molar-refractivity contribution in [3.05, 3.63) is 35.4 Å². The van der Waals surface area contributed by atoms with Gasteiger partial charge in [0.2, 0.25) is 0 Å². The molecule has 8 heteroatoms. The van der Waals surface area contributed by atoms with Crippen LogP contribution in [0.1, 0.15) is 45.1 Å². The molecule has 3 aliphatic heterocycles. The van der Waals surface area contributed by atoms with Crippen molar-refractivity contribution in [1.29, 1.82) is 0 Å². The van der Waals surface area contributed by atoms with E-state index in [2.05, 4.69) is 10.6 Å². The summed E-state index contributed by atoms with van der Waals surface area (Å²) < 4.78 is 11.2. The molecule has 178 valence electrons. The van der Waals surface area contributed by atoms with Gasteiger partial charge in [0.15, 0.2) is 0 Å². The number of anilines is 1. The van der Waals surface area contributed by atoms with Gasteiger partial charge in [0.1, 0.15) is 5.57 Å². The lowest BCUT2D eigenvalue weighted by atomic mass is 9.99. The number of nitrogens with zero attached hydrogens (tertiary/aromatic N) is 1. The number of carbonyl (C=O) groups is 3. The first-order chi connectivity index (χ1) is 16.0. The lowest BCUT2D eigenvalue weighted by Crippen LogP contribution is -2.41. The van der Waals surface area contributed by atoms with Gasteiger partial charge in [-0.05, 0) is 37.7 Å². The summed E-state index contributed by atoms with van der Waals surface area (Å²) in [6.07, 6.45) is 3.49. The van der Waals surface area contributed by atoms with Crippen molar-refractivity contribution in [2.75, 3.05) is 37.7 Å². The number of amides is 3. The number of para-hydroxylation sites is 1. The largest absolute Gasteiger partial charge is 0.376 e. The van der Waals surface area contributed by atoms with E-state index in [9.17, 15) is 14.4 Å². The lowest BCUT2D eigenvalue weighted by Gasteiger charge is -2.19. The van der Waals surface area contributed by atoms with Crippen LogP contribution in [0.3, 0.4) is 0 Å². The van der Waals surface area contributed by atoms with Crippen LogP contribution in [0.4, 0.5) is 5.69 Å². The van der Waals surface area contributed by atoms with Gasteiger partial charge in [-0.2, -0.15) is 0 Å². The zero-order chi connectivity index (χ0) is 23.4. The topological polar surface area (TPSA) is 97.0 Å². The van der Waals surface area contributed by atoms with Gasteiger partial charge in [0.25, 0.3) is 17.7 Å². The average molecular weight is 456 g/mol. The third-order valence-electron chi connectivity index (χ3n) is 6.20. The minimum Gasteiger partial charge on any atom is -0.376 e. The fourth-order valence-electron chi connectivity index (χ4n) is 4.60. The van der Waals surface area contributed by atoms with Crippen LogP contribution in [0.15, 0.2) is 29.8 Å². The molecule has 0 aromatic heterocycles. The second-order valence-electron chi connectivity index (χ2n) is 9.27. The maximum atomic E-state index is 13.5. The molecule has 2 unspecified atom stereocenters.